The summed E-state index contributed by atoms with van der Waals surface area (Å²) in [5, 5.41) is 29.8. The van der Waals surface area contributed by atoms with Crippen molar-refractivity contribution in [3.8, 4) is 0 Å². The molecule has 0 spiro atoms. The van der Waals surface area contributed by atoms with Gasteiger partial charge in [0.05, 0.1) is 0 Å². The lowest BCUT2D eigenvalue weighted by Gasteiger charge is -2.12. The van der Waals surface area contributed by atoms with Gasteiger partial charge in [0.2, 0.25) is 11.3 Å². The number of hydrogen-bond acceptors (Lipinski definition) is 6. The Morgan fingerprint density at radius 2 is 2.05 bits per heavy atom. The molecule has 100 valence electrons. The molecule has 2 atom stereocenters. The maximum atomic E-state index is 10.3. The van der Waals surface area contributed by atoms with Crippen LogP contribution in [0.1, 0.15) is 30.3 Å². The topological polar surface area (TPSA) is 97.9 Å². The first-order valence-electron chi connectivity index (χ1n) is 5.79. The fourth-order valence-corrected chi connectivity index (χ4v) is 1.88. The second kappa shape index (κ2) is 5.57. The minimum absolute atomic E-state index is 0.0436. The van der Waals surface area contributed by atoms with E-state index in [1.807, 2.05) is 30.3 Å². The van der Waals surface area contributed by atoms with Gasteiger partial charge in [0.15, 0.2) is 0 Å². The van der Waals surface area contributed by atoms with Crippen LogP contribution in [0.25, 0.3) is 0 Å². The van der Waals surface area contributed by atoms with Crippen molar-refractivity contribution in [2.75, 3.05) is 0 Å². The van der Waals surface area contributed by atoms with Crippen LogP contribution in [0.4, 0.5) is 5.88 Å². The first kappa shape index (κ1) is 13.2. The molecule has 1 aromatic carbocycles. The third kappa shape index (κ3) is 2.60. The van der Waals surface area contributed by atoms with Crippen molar-refractivity contribution in [3.05, 3.63) is 46.8 Å². The van der Waals surface area contributed by atoms with Crippen LogP contribution in [0.3, 0.4) is 0 Å². The second-order valence-electron chi connectivity index (χ2n) is 4.19. The van der Waals surface area contributed by atoms with Gasteiger partial charge in [0.25, 0.3) is 5.69 Å². The van der Waals surface area contributed by atoms with Gasteiger partial charge in [-0.15, -0.1) is 5.11 Å². The molecule has 2 aromatic rings. The summed E-state index contributed by atoms with van der Waals surface area (Å²) in [7, 11) is 0. The summed E-state index contributed by atoms with van der Waals surface area (Å²) >= 11 is 0. The van der Waals surface area contributed by atoms with Crippen LogP contribution in [0, 0.1) is 12.1 Å². The zero-order valence-electron chi connectivity index (χ0n) is 10.6. The zero-order chi connectivity index (χ0) is 13.8. The van der Waals surface area contributed by atoms with E-state index >= 15 is 0 Å². The van der Waals surface area contributed by atoms with Gasteiger partial charge in [-0.2, -0.15) is 0 Å². The quantitative estimate of drug-likeness (QED) is 0.518. The first-order valence-corrected chi connectivity index (χ1v) is 5.79. The molecule has 0 saturated heterocycles. The summed E-state index contributed by atoms with van der Waals surface area (Å²) in [5.74, 6) is 0.0436. The van der Waals surface area contributed by atoms with E-state index in [0.29, 0.717) is 5.69 Å². The summed E-state index contributed by atoms with van der Waals surface area (Å²) in [6.45, 7) is 3.49. The first-order chi connectivity index (χ1) is 9.15. The maximum Gasteiger partial charge on any atom is 0.342 e. The Labute approximate surface area is 109 Å². The largest absolute Gasteiger partial charge is 0.775 e. The lowest BCUT2D eigenvalue weighted by atomic mass is 10.0. The van der Waals surface area contributed by atoms with Crippen LogP contribution in [0.5, 0.6) is 0 Å². The van der Waals surface area contributed by atoms with Gasteiger partial charge in [-0.25, -0.2) is 5.28 Å². The van der Waals surface area contributed by atoms with Crippen molar-refractivity contribution < 1.29 is 14.3 Å². The van der Waals surface area contributed by atoms with E-state index < -0.39 is 6.10 Å². The Bertz CT molecular complexity index is 568. The highest BCUT2D eigenvalue weighted by Crippen LogP contribution is 2.23. The monoisotopic (exact) mass is 262 g/mol. The number of aliphatic hydroxyl groups is 1. The molecular weight excluding hydrogens is 248 g/mol. The number of rotatable bonds is 4. The van der Waals surface area contributed by atoms with E-state index in [9.17, 15) is 10.3 Å². The smallest absolute Gasteiger partial charge is 0.342 e. The molecule has 2 rings (SSSR count). The van der Waals surface area contributed by atoms with E-state index in [2.05, 4.69) is 15.7 Å². The van der Waals surface area contributed by atoms with E-state index in [1.165, 1.54) is 4.68 Å². The Morgan fingerprint density at radius 3 is 2.68 bits per heavy atom. The molecule has 0 amide bonds. The SMILES string of the molecule is Cc1c(/N=N/[O-])on[n+]1C(C)C(O)c1ccccc1. The highest BCUT2D eigenvalue weighted by molar-refractivity contribution is 5.22. The molecule has 0 aliphatic heterocycles. The summed E-state index contributed by atoms with van der Waals surface area (Å²) in [4.78, 5) is 0. The Hall–Kier alpha value is -2.28. The number of hydrogen-bond donors (Lipinski definition) is 1. The van der Waals surface area contributed by atoms with Gasteiger partial charge < -0.3 is 10.3 Å². The van der Waals surface area contributed by atoms with Crippen LogP contribution in [0.15, 0.2) is 45.2 Å². The summed E-state index contributed by atoms with van der Waals surface area (Å²) < 4.78 is 6.36. The molecule has 1 N–H and O–H groups in total. The van der Waals surface area contributed by atoms with E-state index in [4.69, 9.17) is 4.52 Å². The lowest BCUT2D eigenvalue weighted by molar-refractivity contribution is -0.793. The molecule has 7 nitrogen and oxygen atoms in total. The highest BCUT2D eigenvalue weighted by atomic mass is 16.5. The van der Waals surface area contributed by atoms with Crippen LogP contribution in [-0.4, -0.2) is 10.4 Å². The van der Waals surface area contributed by atoms with Crippen molar-refractivity contribution in [2.45, 2.75) is 26.0 Å². The second-order valence-corrected chi connectivity index (χ2v) is 4.19. The molecular formula is C12H14N4O3. The highest BCUT2D eigenvalue weighted by Gasteiger charge is 2.32. The molecule has 19 heavy (non-hydrogen) atoms. The molecule has 0 radical (unpaired) electrons. The van der Waals surface area contributed by atoms with Gasteiger partial charge in [-0.1, -0.05) is 30.3 Å². The minimum Gasteiger partial charge on any atom is -0.775 e. The fraction of sp³-hybridized carbons (Fsp3) is 0.333. The van der Waals surface area contributed by atoms with Gasteiger partial charge in [0.1, 0.15) is 6.10 Å². The Kier molecular flexibility index (Phi) is 3.86. The number of aliphatic hydroxyl groups excluding tert-OH is 1. The standard InChI is InChI=1S/C12H14N4O3/c1-8(11(17)10-6-4-3-5-7-10)16-9(2)12(13-14-18)19-15-16/h3-8,11,17H,1-2H3. The molecule has 0 saturated carbocycles. The summed E-state index contributed by atoms with van der Waals surface area (Å²) in [6, 6.07) is 8.87. The number of aromatic nitrogens is 2. The van der Waals surface area contributed by atoms with Crippen molar-refractivity contribution in [1.82, 2.24) is 5.27 Å². The molecule has 1 aromatic heterocycles. The average molecular weight is 262 g/mol. The number of nitrogens with zero attached hydrogens (tertiary/aromatic N) is 4. The predicted octanol–water partition coefficient (Wildman–Crippen LogP) is 2.15. The molecule has 0 bridgehead atoms. The third-order valence-electron chi connectivity index (χ3n) is 2.98. The van der Waals surface area contributed by atoms with Crippen LogP contribution in [-0.2, 0) is 0 Å². The molecule has 0 fully saturated rings. The lowest BCUT2D eigenvalue weighted by Crippen LogP contribution is -2.44. The third-order valence-corrected chi connectivity index (χ3v) is 2.98. The molecule has 0 aliphatic carbocycles. The van der Waals surface area contributed by atoms with Crippen LogP contribution < -0.4 is 4.68 Å². The minimum atomic E-state index is -0.743. The van der Waals surface area contributed by atoms with E-state index in [0.717, 1.165) is 5.56 Å². The van der Waals surface area contributed by atoms with Gasteiger partial charge in [-0.05, 0) is 10.2 Å². The van der Waals surface area contributed by atoms with Gasteiger partial charge >= 0.3 is 5.88 Å². The van der Waals surface area contributed by atoms with Crippen molar-refractivity contribution >= 4 is 5.88 Å². The fourth-order valence-electron chi connectivity index (χ4n) is 1.88. The Morgan fingerprint density at radius 1 is 1.37 bits per heavy atom. The Balaban J connectivity index is 2.27. The number of benzene rings is 1. The predicted molar refractivity (Wildman–Crippen MR) is 65.4 cm³/mol. The van der Waals surface area contributed by atoms with Crippen LogP contribution >= 0.6 is 0 Å². The van der Waals surface area contributed by atoms with Crippen molar-refractivity contribution in [1.29, 1.82) is 0 Å². The van der Waals surface area contributed by atoms with Crippen molar-refractivity contribution in [3.63, 3.8) is 0 Å². The normalized spacial score (nSPS) is 14.7. The zero-order valence-corrected chi connectivity index (χ0v) is 10.6. The molecule has 0 aliphatic rings. The molecule has 1 heterocycles. The van der Waals surface area contributed by atoms with Gasteiger partial charge in [-0.3, -0.25) is 4.52 Å². The van der Waals surface area contributed by atoms with Crippen LogP contribution in [0.2, 0.25) is 0 Å². The summed E-state index contributed by atoms with van der Waals surface area (Å²) in [6.07, 6.45) is -0.743. The molecule has 7 heteroatoms. The maximum absolute atomic E-state index is 10.3. The van der Waals surface area contributed by atoms with E-state index in [-0.39, 0.29) is 11.9 Å². The van der Waals surface area contributed by atoms with Gasteiger partial charge in [0, 0.05) is 13.8 Å². The average Bonchev–Trinajstić information content (AvgIpc) is 2.80. The molecule has 2 unspecified atom stereocenters. The van der Waals surface area contributed by atoms with E-state index in [1.54, 1.807) is 13.8 Å². The summed E-state index contributed by atoms with van der Waals surface area (Å²) in [5.41, 5.74) is 1.30. The van der Waals surface area contributed by atoms with Crippen molar-refractivity contribution in [2.24, 2.45) is 10.4 Å².